The molecular formula is C12H15ClN2O. The number of fused-ring (bicyclic) bond motifs is 1. The molecule has 0 saturated heterocycles. The SMILES string of the molecule is CCC[C@@H](C)n1c(=O)[nH]c2cc(Cl)ccc21. The molecule has 86 valence electrons. The van der Waals surface area contributed by atoms with Gasteiger partial charge in [0.05, 0.1) is 11.0 Å². The summed E-state index contributed by atoms with van der Waals surface area (Å²) in [5.41, 5.74) is 1.68. The molecule has 0 bridgehead atoms. The second kappa shape index (κ2) is 4.34. The quantitative estimate of drug-likeness (QED) is 0.875. The summed E-state index contributed by atoms with van der Waals surface area (Å²) in [4.78, 5) is 14.7. The number of nitrogens with zero attached hydrogens (tertiary/aromatic N) is 1. The summed E-state index contributed by atoms with van der Waals surface area (Å²) in [6.45, 7) is 4.18. The number of rotatable bonds is 3. The van der Waals surface area contributed by atoms with Crippen LogP contribution in [0.3, 0.4) is 0 Å². The number of hydrogen-bond acceptors (Lipinski definition) is 1. The van der Waals surface area contributed by atoms with Gasteiger partial charge in [-0.3, -0.25) is 4.57 Å². The number of aromatic nitrogens is 2. The fraction of sp³-hybridized carbons (Fsp3) is 0.417. The maximum absolute atomic E-state index is 11.8. The zero-order valence-corrected chi connectivity index (χ0v) is 10.2. The predicted molar refractivity (Wildman–Crippen MR) is 67.2 cm³/mol. The Hall–Kier alpha value is -1.22. The van der Waals surface area contributed by atoms with Gasteiger partial charge in [0.15, 0.2) is 0 Å². The van der Waals surface area contributed by atoms with E-state index < -0.39 is 0 Å². The van der Waals surface area contributed by atoms with Gasteiger partial charge in [-0.25, -0.2) is 4.79 Å². The van der Waals surface area contributed by atoms with Crippen molar-refractivity contribution >= 4 is 22.6 Å². The normalized spacial score (nSPS) is 13.2. The number of aromatic amines is 1. The van der Waals surface area contributed by atoms with E-state index in [-0.39, 0.29) is 11.7 Å². The van der Waals surface area contributed by atoms with E-state index in [0.29, 0.717) is 5.02 Å². The van der Waals surface area contributed by atoms with Crippen LogP contribution in [0.4, 0.5) is 0 Å². The highest BCUT2D eigenvalue weighted by Gasteiger charge is 2.12. The van der Waals surface area contributed by atoms with Gasteiger partial charge >= 0.3 is 5.69 Å². The lowest BCUT2D eigenvalue weighted by molar-refractivity contribution is 0.500. The highest BCUT2D eigenvalue weighted by atomic mass is 35.5. The van der Waals surface area contributed by atoms with Crippen molar-refractivity contribution in [1.82, 2.24) is 9.55 Å². The second-order valence-corrected chi connectivity index (χ2v) is 4.54. The zero-order chi connectivity index (χ0) is 11.7. The minimum Gasteiger partial charge on any atom is -0.305 e. The van der Waals surface area contributed by atoms with Gasteiger partial charge in [0, 0.05) is 11.1 Å². The first-order chi connectivity index (χ1) is 7.63. The molecule has 1 atom stereocenters. The summed E-state index contributed by atoms with van der Waals surface area (Å²) in [6, 6.07) is 5.70. The topological polar surface area (TPSA) is 37.8 Å². The third-order valence-corrected chi connectivity index (χ3v) is 3.06. The molecule has 16 heavy (non-hydrogen) atoms. The van der Waals surface area contributed by atoms with Gasteiger partial charge in [-0.05, 0) is 31.5 Å². The summed E-state index contributed by atoms with van der Waals surface area (Å²) in [6.07, 6.45) is 2.06. The predicted octanol–water partition coefficient (Wildman–Crippen LogP) is 3.34. The van der Waals surface area contributed by atoms with E-state index in [2.05, 4.69) is 18.8 Å². The molecule has 0 fully saturated rings. The zero-order valence-electron chi connectivity index (χ0n) is 9.46. The average molecular weight is 239 g/mol. The number of nitrogens with one attached hydrogen (secondary N) is 1. The minimum atomic E-state index is -0.0572. The van der Waals surface area contributed by atoms with Gasteiger partial charge in [-0.1, -0.05) is 24.9 Å². The molecule has 0 aliphatic heterocycles. The number of imidazole rings is 1. The van der Waals surface area contributed by atoms with Gasteiger partial charge in [0.25, 0.3) is 0 Å². The Bertz CT molecular complexity index is 556. The first-order valence-electron chi connectivity index (χ1n) is 5.53. The Labute approximate surface area is 99.0 Å². The Morgan fingerprint density at radius 1 is 1.50 bits per heavy atom. The Morgan fingerprint density at radius 2 is 2.25 bits per heavy atom. The first kappa shape index (κ1) is 11.3. The molecule has 0 aliphatic carbocycles. The first-order valence-corrected chi connectivity index (χ1v) is 5.91. The smallest absolute Gasteiger partial charge is 0.305 e. The molecule has 0 saturated carbocycles. The summed E-state index contributed by atoms with van der Waals surface area (Å²) in [5.74, 6) is 0. The lowest BCUT2D eigenvalue weighted by Crippen LogP contribution is -2.20. The summed E-state index contributed by atoms with van der Waals surface area (Å²) < 4.78 is 1.80. The van der Waals surface area contributed by atoms with Crippen molar-refractivity contribution in [3.63, 3.8) is 0 Å². The van der Waals surface area contributed by atoms with Gasteiger partial charge in [0.2, 0.25) is 0 Å². The van der Waals surface area contributed by atoms with Crippen LogP contribution < -0.4 is 5.69 Å². The molecule has 0 aliphatic rings. The van der Waals surface area contributed by atoms with E-state index in [1.54, 1.807) is 10.6 Å². The number of H-pyrrole nitrogens is 1. The van der Waals surface area contributed by atoms with Gasteiger partial charge in [-0.2, -0.15) is 0 Å². The van der Waals surface area contributed by atoms with Crippen LogP contribution in [0.25, 0.3) is 11.0 Å². The van der Waals surface area contributed by atoms with Crippen LogP contribution in [0.15, 0.2) is 23.0 Å². The molecule has 4 heteroatoms. The number of halogens is 1. The van der Waals surface area contributed by atoms with Crippen molar-refractivity contribution in [2.24, 2.45) is 0 Å². The average Bonchev–Trinajstić information content (AvgIpc) is 2.53. The molecule has 0 amide bonds. The van der Waals surface area contributed by atoms with Crippen LogP contribution in [0, 0.1) is 0 Å². The molecule has 0 radical (unpaired) electrons. The molecule has 1 aromatic heterocycles. The molecular weight excluding hydrogens is 224 g/mol. The molecule has 2 aromatic rings. The van der Waals surface area contributed by atoms with Crippen LogP contribution in [0.5, 0.6) is 0 Å². The fourth-order valence-corrected chi connectivity index (χ4v) is 2.26. The van der Waals surface area contributed by atoms with E-state index in [1.165, 1.54) is 0 Å². The maximum Gasteiger partial charge on any atom is 0.326 e. The van der Waals surface area contributed by atoms with E-state index in [1.807, 2.05) is 12.1 Å². The molecule has 0 spiro atoms. The second-order valence-electron chi connectivity index (χ2n) is 4.10. The third-order valence-electron chi connectivity index (χ3n) is 2.83. The van der Waals surface area contributed by atoms with Crippen LogP contribution in [-0.2, 0) is 0 Å². The van der Waals surface area contributed by atoms with Crippen LogP contribution >= 0.6 is 11.6 Å². The monoisotopic (exact) mass is 238 g/mol. The molecule has 1 N–H and O–H groups in total. The van der Waals surface area contributed by atoms with Gasteiger partial charge in [0.1, 0.15) is 0 Å². The van der Waals surface area contributed by atoms with Crippen molar-refractivity contribution in [2.75, 3.05) is 0 Å². The van der Waals surface area contributed by atoms with E-state index >= 15 is 0 Å². The van der Waals surface area contributed by atoms with Crippen molar-refractivity contribution in [1.29, 1.82) is 0 Å². The minimum absolute atomic E-state index is 0.0572. The Morgan fingerprint density at radius 3 is 2.94 bits per heavy atom. The summed E-state index contributed by atoms with van der Waals surface area (Å²) in [7, 11) is 0. The summed E-state index contributed by atoms with van der Waals surface area (Å²) >= 11 is 5.89. The highest BCUT2D eigenvalue weighted by Crippen LogP contribution is 2.21. The maximum atomic E-state index is 11.8. The largest absolute Gasteiger partial charge is 0.326 e. The number of hydrogen-bond donors (Lipinski definition) is 1. The molecule has 2 rings (SSSR count). The van der Waals surface area contributed by atoms with Crippen molar-refractivity contribution in [2.45, 2.75) is 32.7 Å². The fourth-order valence-electron chi connectivity index (χ4n) is 2.09. The summed E-state index contributed by atoms with van der Waals surface area (Å²) in [5, 5.41) is 0.643. The highest BCUT2D eigenvalue weighted by molar-refractivity contribution is 6.31. The van der Waals surface area contributed by atoms with Crippen LogP contribution in [-0.4, -0.2) is 9.55 Å². The molecule has 3 nitrogen and oxygen atoms in total. The van der Waals surface area contributed by atoms with Crippen LogP contribution in [0.1, 0.15) is 32.7 Å². The van der Waals surface area contributed by atoms with Gasteiger partial charge in [-0.15, -0.1) is 0 Å². The molecule has 1 heterocycles. The molecule has 1 aromatic carbocycles. The van der Waals surface area contributed by atoms with Crippen LogP contribution in [0.2, 0.25) is 5.02 Å². The van der Waals surface area contributed by atoms with Crippen molar-refractivity contribution in [3.05, 3.63) is 33.7 Å². The number of benzene rings is 1. The van der Waals surface area contributed by atoms with E-state index in [4.69, 9.17) is 11.6 Å². The standard InChI is InChI=1S/C12H15ClN2O/c1-3-4-8(2)15-11-6-5-9(13)7-10(11)14-12(15)16/h5-8H,3-4H2,1-2H3,(H,14,16)/t8-/m1/s1. The lowest BCUT2D eigenvalue weighted by Gasteiger charge is -2.11. The Balaban J connectivity index is 2.60. The third kappa shape index (κ3) is 1.87. The van der Waals surface area contributed by atoms with E-state index in [9.17, 15) is 4.79 Å². The lowest BCUT2D eigenvalue weighted by atomic mass is 10.2. The van der Waals surface area contributed by atoms with Crippen molar-refractivity contribution < 1.29 is 0 Å². The molecule has 0 unspecified atom stereocenters. The van der Waals surface area contributed by atoms with Crippen molar-refractivity contribution in [3.8, 4) is 0 Å². The van der Waals surface area contributed by atoms with E-state index in [0.717, 1.165) is 23.9 Å². The Kier molecular flexibility index (Phi) is 3.06. The van der Waals surface area contributed by atoms with Gasteiger partial charge < -0.3 is 4.98 Å².